The van der Waals surface area contributed by atoms with Gasteiger partial charge in [-0.25, -0.2) is 0 Å². The van der Waals surface area contributed by atoms with E-state index in [-0.39, 0.29) is 5.91 Å². The molecule has 0 fully saturated rings. The van der Waals surface area contributed by atoms with Crippen molar-refractivity contribution in [1.29, 1.82) is 0 Å². The van der Waals surface area contributed by atoms with E-state index in [0.29, 0.717) is 13.0 Å². The van der Waals surface area contributed by atoms with Crippen LogP contribution in [-0.2, 0) is 17.8 Å². The van der Waals surface area contributed by atoms with Gasteiger partial charge in [0.1, 0.15) is 0 Å². The van der Waals surface area contributed by atoms with Crippen molar-refractivity contribution in [3.63, 3.8) is 0 Å². The molecule has 0 aliphatic carbocycles. The van der Waals surface area contributed by atoms with Crippen LogP contribution in [0.15, 0.2) is 41.3 Å². The maximum atomic E-state index is 12.1. The van der Waals surface area contributed by atoms with Crippen molar-refractivity contribution in [1.82, 2.24) is 14.9 Å². The Morgan fingerprint density at radius 3 is 2.81 bits per heavy atom. The van der Waals surface area contributed by atoms with Gasteiger partial charge in [-0.1, -0.05) is 28.1 Å². The summed E-state index contributed by atoms with van der Waals surface area (Å²) in [6.45, 7) is 2.54. The van der Waals surface area contributed by atoms with Gasteiger partial charge < -0.3 is 4.90 Å². The van der Waals surface area contributed by atoms with Crippen LogP contribution in [0, 0.1) is 6.92 Å². The fourth-order valence-electron chi connectivity index (χ4n) is 2.05. The first-order valence-electron chi connectivity index (χ1n) is 6.80. The zero-order valence-electron chi connectivity index (χ0n) is 12.2. The van der Waals surface area contributed by atoms with Crippen LogP contribution < -0.4 is 0 Å². The summed E-state index contributed by atoms with van der Waals surface area (Å²) in [5.74, 6) is 0.112. The Morgan fingerprint density at radius 1 is 1.33 bits per heavy atom. The first-order valence-corrected chi connectivity index (χ1v) is 7.59. The van der Waals surface area contributed by atoms with Crippen LogP contribution in [-0.4, -0.2) is 27.8 Å². The number of carbonyl (C=O) groups is 1. The summed E-state index contributed by atoms with van der Waals surface area (Å²) in [5, 5.41) is 0. The van der Waals surface area contributed by atoms with Crippen molar-refractivity contribution < 1.29 is 4.79 Å². The van der Waals surface area contributed by atoms with Crippen LogP contribution >= 0.6 is 15.9 Å². The summed E-state index contributed by atoms with van der Waals surface area (Å²) in [4.78, 5) is 22.0. The molecule has 0 atom stereocenters. The molecule has 0 saturated heterocycles. The minimum Gasteiger partial charge on any atom is -0.340 e. The number of benzene rings is 1. The molecule has 1 heterocycles. The number of hydrogen-bond donors (Lipinski definition) is 0. The van der Waals surface area contributed by atoms with Gasteiger partial charge in [-0.05, 0) is 30.5 Å². The maximum absolute atomic E-state index is 12.1. The summed E-state index contributed by atoms with van der Waals surface area (Å²) in [6, 6.07) is 6.19. The van der Waals surface area contributed by atoms with E-state index in [0.717, 1.165) is 16.6 Å². The number of aromatic nitrogens is 2. The van der Waals surface area contributed by atoms with E-state index >= 15 is 0 Å². The van der Waals surface area contributed by atoms with Crippen molar-refractivity contribution in [3.05, 3.63) is 58.1 Å². The Kier molecular flexibility index (Phi) is 5.44. The minimum absolute atomic E-state index is 0.112. The summed E-state index contributed by atoms with van der Waals surface area (Å²) in [6.07, 6.45) is 6.19. The number of rotatable bonds is 5. The first-order chi connectivity index (χ1) is 10.1. The first kappa shape index (κ1) is 15.6. The second-order valence-corrected chi connectivity index (χ2v) is 5.88. The standard InChI is InChI=1S/C16H18BrN3O/c1-12-9-13(3-5-15(12)17)4-6-16(21)20(2)11-14-10-18-7-8-19-14/h3,5,7-10H,4,6,11H2,1-2H3. The number of nitrogens with zero attached hydrogens (tertiary/aromatic N) is 3. The number of hydrogen-bond acceptors (Lipinski definition) is 3. The van der Waals surface area contributed by atoms with Crippen molar-refractivity contribution in [2.45, 2.75) is 26.3 Å². The summed E-state index contributed by atoms with van der Waals surface area (Å²) < 4.78 is 1.09. The Balaban J connectivity index is 1.87. The second-order valence-electron chi connectivity index (χ2n) is 5.03. The molecule has 5 heteroatoms. The van der Waals surface area contributed by atoms with Crippen LogP contribution in [0.25, 0.3) is 0 Å². The van der Waals surface area contributed by atoms with Crippen molar-refractivity contribution in [3.8, 4) is 0 Å². The molecule has 21 heavy (non-hydrogen) atoms. The third-order valence-electron chi connectivity index (χ3n) is 3.29. The quantitative estimate of drug-likeness (QED) is 0.834. The number of halogens is 1. The molecule has 0 unspecified atom stereocenters. The molecule has 110 valence electrons. The lowest BCUT2D eigenvalue weighted by Gasteiger charge is -2.16. The van der Waals surface area contributed by atoms with Crippen LogP contribution in [0.1, 0.15) is 23.2 Å². The van der Waals surface area contributed by atoms with E-state index in [1.807, 2.05) is 12.1 Å². The average molecular weight is 348 g/mol. The van der Waals surface area contributed by atoms with Gasteiger partial charge in [0, 0.05) is 30.3 Å². The normalized spacial score (nSPS) is 10.4. The molecule has 0 saturated carbocycles. The number of aryl methyl sites for hydroxylation is 2. The van der Waals surface area contributed by atoms with E-state index < -0.39 is 0 Å². The van der Waals surface area contributed by atoms with E-state index in [4.69, 9.17) is 0 Å². The van der Waals surface area contributed by atoms with Gasteiger partial charge in [-0.3, -0.25) is 14.8 Å². The van der Waals surface area contributed by atoms with E-state index in [1.54, 1.807) is 30.5 Å². The fourth-order valence-corrected chi connectivity index (χ4v) is 2.29. The largest absolute Gasteiger partial charge is 0.340 e. The van der Waals surface area contributed by atoms with E-state index in [1.165, 1.54) is 11.1 Å². The van der Waals surface area contributed by atoms with E-state index in [9.17, 15) is 4.79 Å². The Labute approximate surface area is 133 Å². The smallest absolute Gasteiger partial charge is 0.222 e. The third kappa shape index (κ3) is 4.63. The minimum atomic E-state index is 0.112. The second kappa shape index (κ2) is 7.31. The topological polar surface area (TPSA) is 46.1 Å². The predicted octanol–water partition coefficient (Wildman–Crippen LogP) is 3.14. The lowest BCUT2D eigenvalue weighted by Crippen LogP contribution is -2.26. The molecular weight excluding hydrogens is 330 g/mol. The molecule has 2 rings (SSSR count). The molecule has 0 spiro atoms. The van der Waals surface area contributed by atoms with Crippen molar-refractivity contribution in [2.24, 2.45) is 0 Å². The Hall–Kier alpha value is -1.75. The van der Waals surface area contributed by atoms with Gasteiger partial charge in [0.15, 0.2) is 0 Å². The zero-order valence-corrected chi connectivity index (χ0v) is 13.8. The van der Waals surface area contributed by atoms with Gasteiger partial charge >= 0.3 is 0 Å². The monoisotopic (exact) mass is 347 g/mol. The van der Waals surface area contributed by atoms with Gasteiger partial charge in [-0.15, -0.1) is 0 Å². The molecule has 0 N–H and O–H groups in total. The molecule has 2 aromatic rings. The maximum Gasteiger partial charge on any atom is 0.222 e. The number of amides is 1. The summed E-state index contributed by atoms with van der Waals surface area (Å²) in [7, 11) is 1.80. The predicted molar refractivity (Wildman–Crippen MR) is 85.7 cm³/mol. The third-order valence-corrected chi connectivity index (χ3v) is 4.18. The highest BCUT2D eigenvalue weighted by molar-refractivity contribution is 9.10. The SMILES string of the molecule is Cc1cc(CCC(=O)N(C)Cc2cnccn2)ccc1Br. The van der Waals surface area contributed by atoms with E-state index in [2.05, 4.69) is 38.9 Å². The van der Waals surface area contributed by atoms with Crippen LogP contribution in [0.2, 0.25) is 0 Å². The highest BCUT2D eigenvalue weighted by Gasteiger charge is 2.10. The van der Waals surface area contributed by atoms with Gasteiger partial charge in [0.05, 0.1) is 18.4 Å². The summed E-state index contributed by atoms with van der Waals surface area (Å²) in [5.41, 5.74) is 3.16. The summed E-state index contributed by atoms with van der Waals surface area (Å²) >= 11 is 3.48. The van der Waals surface area contributed by atoms with Crippen LogP contribution in [0.3, 0.4) is 0 Å². The lowest BCUT2D eigenvalue weighted by molar-refractivity contribution is -0.130. The highest BCUT2D eigenvalue weighted by Crippen LogP contribution is 2.18. The van der Waals surface area contributed by atoms with Crippen LogP contribution in [0.4, 0.5) is 0 Å². The molecule has 0 aliphatic rings. The highest BCUT2D eigenvalue weighted by atomic mass is 79.9. The van der Waals surface area contributed by atoms with Crippen molar-refractivity contribution >= 4 is 21.8 Å². The lowest BCUT2D eigenvalue weighted by atomic mass is 10.1. The fraction of sp³-hybridized carbons (Fsp3) is 0.312. The average Bonchev–Trinajstić information content (AvgIpc) is 2.49. The molecule has 0 radical (unpaired) electrons. The molecule has 0 aliphatic heterocycles. The molecule has 4 nitrogen and oxygen atoms in total. The van der Waals surface area contributed by atoms with Crippen LogP contribution in [0.5, 0.6) is 0 Å². The molecule has 0 bridgehead atoms. The van der Waals surface area contributed by atoms with Gasteiger partial charge in [0.25, 0.3) is 0 Å². The molecule has 1 aromatic carbocycles. The molecular formula is C16H18BrN3O. The Bertz CT molecular complexity index is 616. The Morgan fingerprint density at radius 2 is 2.14 bits per heavy atom. The van der Waals surface area contributed by atoms with Gasteiger partial charge in [-0.2, -0.15) is 0 Å². The molecule has 1 amide bonds. The van der Waals surface area contributed by atoms with Crippen molar-refractivity contribution in [2.75, 3.05) is 7.05 Å². The van der Waals surface area contributed by atoms with Gasteiger partial charge in [0.2, 0.25) is 5.91 Å². The zero-order chi connectivity index (χ0) is 15.2. The number of carbonyl (C=O) groups excluding carboxylic acids is 1. The molecule has 1 aromatic heterocycles.